The monoisotopic (exact) mass is 557 g/mol. The van der Waals surface area contributed by atoms with Crippen LogP contribution in [0.1, 0.15) is 42.6 Å². The zero-order valence-corrected chi connectivity index (χ0v) is 21.9. The van der Waals surface area contributed by atoms with E-state index in [0.29, 0.717) is 37.8 Å². The van der Waals surface area contributed by atoms with Gasteiger partial charge < -0.3 is 4.90 Å². The first-order valence-corrected chi connectivity index (χ1v) is 14.1. The molecular formula is C27H26F3N5O3S. The summed E-state index contributed by atoms with van der Waals surface area (Å²) in [7, 11) is -3.60. The van der Waals surface area contributed by atoms with E-state index in [1.807, 2.05) is 12.1 Å². The van der Waals surface area contributed by atoms with Crippen LogP contribution in [0.3, 0.4) is 0 Å². The maximum absolute atomic E-state index is 13.8. The number of hydrogen-bond donors (Lipinski definition) is 1. The van der Waals surface area contributed by atoms with E-state index >= 15 is 0 Å². The Balaban J connectivity index is 1.56. The standard InChI is InChI=1S/C27H26F3N5O3S/c1-39(37,38)34-21-7-3-6-20(15-21)22-16-25(33-26(32-22)27(28,29)30)35-14-4-8-23(35)24(36)9-2-5-18-10-12-19(17-31)13-11-18/h3,6-7,10-13,15-16,23,34H,2,4-5,8-9,14H2,1H3/t23-/m0/s1. The lowest BCUT2D eigenvalue weighted by molar-refractivity contribution is -0.144. The molecule has 1 saturated heterocycles. The summed E-state index contributed by atoms with van der Waals surface area (Å²) >= 11 is 0. The van der Waals surface area contributed by atoms with E-state index in [9.17, 15) is 26.4 Å². The molecule has 2 aromatic carbocycles. The number of rotatable bonds is 9. The maximum atomic E-state index is 13.8. The molecule has 1 fully saturated rings. The Kier molecular flexibility index (Phi) is 8.20. The highest BCUT2D eigenvalue weighted by Crippen LogP contribution is 2.34. The van der Waals surface area contributed by atoms with Crippen molar-refractivity contribution in [3.05, 3.63) is 71.5 Å². The fourth-order valence-corrected chi connectivity index (χ4v) is 5.12. The van der Waals surface area contributed by atoms with Gasteiger partial charge in [-0.15, -0.1) is 0 Å². The normalized spacial score (nSPS) is 15.7. The molecule has 2 heterocycles. The lowest BCUT2D eigenvalue weighted by atomic mass is 10.0. The zero-order valence-electron chi connectivity index (χ0n) is 21.1. The third-order valence-electron chi connectivity index (χ3n) is 6.32. The zero-order chi connectivity index (χ0) is 28.2. The van der Waals surface area contributed by atoms with Crippen molar-refractivity contribution in [2.75, 3.05) is 22.4 Å². The fourth-order valence-electron chi connectivity index (χ4n) is 4.57. The lowest BCUT2D eigenvalue weighted by Gasteiger charge is -2.26. The molecule has 0 aliphatic carbocycles. The predicted octanol–water partition coefficient (Wildman–Crippen LogP) is 4.97. The molecule has 0 spiro atoms. The van der Waals surface area contributed by atoms with Crippen LogP contribution in [0.5, 0.6) is 0 Å². The minimum Gasteiger partial charge on any atom is -0.346 e. The highest BCUT2D eigenvalue weighted by molar-refractivity contribution is 7.92. The van der Waals surface area contributed by atoms with Gasteiger partial charge in [-0.05, 0) is 55.5 Å². The molecule has 3 aromatic rings. The summed E-state index contributed by atoms with van der Waals surface area (Å²) < 4.78 is 66.8. The van der Waals surface area contributed by atoms with Crippen molar-refractivity contribution in [3.8, 4) is 17.3 Å². The molecule has 0 unspecified atom stereocenters. The van der Waals surface area contributed by atoms with E-state index < -0.39 is 28.1 Å². The number of nitriles is 1. The van der Waals surface area contributed by atoms with E-state index in [4.69, 9.17) is 5.26 Å². The second-order valence-corrected chi connectivity index (χ2v) is 11.1. The molecule has 8 nitrogen and oxygen atoms in total. The summed E-state index contributed by atoms with van der Waals surface area (Å²) in [5.41, 5.74) is 1.95. The summed E-state index contributed by atoms with van der Waals surface area (Å²) in [5, 5.41) is 8.92. The molecule has 1 atom stereocenters. The number of halogens is 3. The SMILES string of the molecule is CS(=O)(=O)Nc1cccc(-c2cc(N3CCC[C@H]3C(=O)CCCc3ccc(C#N)cc3)nc(C(F)(F)F)n2)c1. The fraction of sp³-hybridized carbons (Fsp3) is 0.333. The van der Waals surface area contributed by atoms with Gasteiger partial charge in [-0.2, -0.15) is 18.4 Å². The van der Waals surface area contributed by atoms with Gasteiger partial charge in [0.2, 0.25) is 15.8 Å². The number of aryl methyl sites for hydroxylation is 1. The van der Waals surface area contributed by atoms with Crippen molar-refractivity contribution in [2.45, 2.75) is 44.3 Å². The minimum atomic E-state index is -4.83. The van der Waals surface area contributed by atoms with Gasteiger partial charge in [0.1, 0.15) is 5.82 Å². The summed E-state index contributed by atoms with van der Waals surface area (Å²) in [6.45, 7) is 0.370. The highest BCUT2D eigenvalue weighted by Gasteiger charge is 2.38. The van der Waals surface area contributed by atoms with Gasteiger partial charge >= 0.3 is 6.18 Å². The number of Topliss-reactive ketones (excluding diaryl/α,β-unsaturated/α-hetero) is 1. The van der Waals surface area contributed by atoms with Crippen molar-refractivity contribution in [1.29, 1.82) is 5.26 Å². The Morgan fingerprint density at radius 1 is 1.15 bits per heavy atom. The number of alkyl halides is 3. The topological polar surface area (TPSA) is 116 Å². The predicted molar refractivity (Wildman–Crippen MR) is 140 cm³/mol. The van der Waals surface area contributed by atoms with Crippen LogP contribution >= 0.6 is 0 Å². The van der Waals surface area contributed by atoms with E-state index in [1.54, 1.807) is 17.0 Å². The average molecular weight is 558 g/mol. The number of hydrogen-bond acceptors (Lipinski definition) is 7. The van der Waals surface area contributed by atoms with E-state index in [-0.39, 0.29) is 35.0 Å². The van der Waals surface area contributed by atoms with Gasteiger partial charge in [-0.1, -0.05) is 24.3 Å². The molecule has 4 rings (SSSR count). The highest BCUT2D eigenvalue weighted by atomic mass is 32.2. The Morgan fingerprint density at radius 2 is 1.90 bits per heavy atom. The first-order valence-electron chi connectivity index (χ1n) is 12.3. The molecule has 1 aliphatic rings. The number of anilines is 2. The van der Waals surface area contributed by atoms with Crippen LogP contribution in [0.2, 0.25) is 0 Å². The van der Waals surface area contributed by atoms with Gasteiger partial charge in [0.15, 0.2) is 5.78 Å². The van der Waals surface area contributed by atoms with Crippen molar-refractivity contribution in [1.82, 2.24) is 9.97 Å². The first-order chi connectivity index (χ1) is 18.4. The van der Waals surface area contributed by atoms with Crippen molar-refractivity contribution >= 4 is 27.3 Å². The minimum absolute atomic E-state index is 0.00302. The Hall–Kier alpha value is -3.98. The van der Waals surface area contributed by atoms with Crippen molar-refractivity contribution < 1.29 is 26.4 Å². The summed E-state index contributed by atoms with van der Waals surface area (Å²) in [4.78, 5) is 22.2. The summed E-state index contributed by atoms with van der Waals surface area (Å²) in [6.07, 6.45) is -1.27. The molecule has 204 valence electrons. The molecule has 0 saturated carbocycles. The van der Waals surface area contributed by atoms with Gasteiger partial charge in [-0.25, -0.2) is 18.4 Å². The third kappa shape index (κ3) is 7.32. The van der Waals surface area contributed by atoms with Crippen LogP contribution < -0.4 is 9.62 Å². The summed E-state index contributed by atoms with van der Waals surface area (Å²) in [5.74, 6) is -1.42. The first kappa shape index (κ1) is 28.0. The Labute approximate surface area is 224 Å². The van der Waals surface area contributed by atoms with Crippen LogP contribution in [-0.4, -0.2) is 43.0 Å². The molecule has 0 radical (unpaired) electrons. The van der Waals surface area contributed by atoms with E-state index in [2.05, 4.69) is 20.8 Å². The van der Waals surface area contributed by atoms with Gasteiger partial charge in [0.05, 0.1) is 29.6 Å². The molecular weight excluding hydrogens is 531 g/mol. The largest absolute Gasteiger partial charge is 0.451 e. The number of sulfonamides is 1. The average Bonchev–Trinajstić information content (AvgIpc) is 3.38. The molecule has 1 aliphatic heterocycles. The van der Waals surface area contributed by atoms with Crippen LogP contribution in [0.15, 0.2) is 54.6 Å². The number of nitrogens with one attached hydrogen (secondary N) is 1. The van der Waals surface area contributed by atoms with Crippen molar-refractivity contribution in [3.63, 3.8) is 0 Å². The van der Waals surface area contributed by atoms with Crippen molar-refractivity contribution in [2.24, 2.45) is 0 Å². The Bertz CT molecular complexity index is 1500. The third-order valence-corrected chi connectivity index (χ3v) is 6.92. The number of carbonyl (C=O) groups is 1. The second-order valence-electron chi connectivity index (χ2n) is 9.37. The number of carbonyl (C=O) groups excluding carboxylic acids is 1. The smallest absolute Gasteiger partial charge is 0.346 e. The number of benzene rings is 2. The molecule has 12 heteroatoms. The maximum Gasteiger partial charge on any atom is 0.451 e. The molecule has 39 heavy (non-hydrogen) atoms. The quantitative estimate of drug-likeness (QED) is 0.395. The van der Waals surface area contributed by atoms with Crippen LogP contribution in [0, 0.1) is 11.3 Å². The van der Waals surface area contributed by atoms with Crippen LogP contribution in [0.25, 0.3) is 11.3 Å². The lowest BCUT2D eigenvalue weighted by Crippen LogP contribution is -2.37. The second kappa shape index (κ2) is 11.4. The van der Waals surface area contributed by atoms with Gasteiger partial charge in [0.25, 0.3) is 0 Å². The van der Waals surface area contributed by atoms with Gasteiger partial charge in [-0.3, -0.25) is 9.52 Å². The Morgan fingerprint density at radius 3 is 2.56 bits per heavy atom. The molecule has 1 N–H and O–H groups in total. The number of ketones is 1. The number of nitrogens with zero attached hydrogens (tertiary/aromatic N) is 4. The molecule has 1 aromatic heterocycles. The van der Waals surface area contributed by atoms with E-state index in [0.717, 1.165) is 11.8 Å². The number of aromatic nitrogens is 2. The molecule has 0 bridgehead atoms. The summed E-state index contributed by atoms with van der Waals surface area (Å²) in [6, 6.07) is 15.9. The van der Waals surface area contributed by atoms with Gasteiger partial charge in [0, 0.05) is 30.3 Å². The molecule has 0 amide bonds. The van der Waals surface area contributed by atoms with Crippen LogP contribution in [0.4, 0.5) is 24.7 Å². The van der Waals surface area contributed by atoms with E-state index in [1.165, 1.54) is 30.3 Å². The van der Waals surface area contributed by atoms with Crippen LogP contribution in [-0.2, 0) is 27.4 Å².